The quantitative estimate of drug-likeness (QED) is 0.108. The maximum Gasteiger partial charge on any atom is 0.338 e. The topological polar surface area (TPSA) is 108 Å². The number of esters is 1. The van der Waals surface area contributed by atoms with Crippen molar-refractivity contribution in [1.29, 1.82) is 0 Å². The second-order valence-electron chi connectivity index (χ2n) is 10.3. The van der Waals surface area contributed by atoms with Gasteiger partial charge in [-0.2, -0.15) is 5.11 Å². The zero-order valence-corrected chi connectivity index (χ0v) is 24.8. The molecule has 0 aromatic heterocycles. The number of benzene rings is 6. The van der Waals surface area contributed by atoms with Gasteiger partial charge in [0.2, 0.25) is 0 Å². The molecule has 220 valence electrons. The van der Waals surface area contributed by atoms with Gasteiger partial charge in [-0.1, -0.05) is 54.6 Å². The zero-order chi connectivity index (χ0) is 31.2. The minimum absolute atomic E-state index is 0.192. The number of carbonyl (C=O) groups excluding carboxylic acids is 1. The summed E-state index contributed by atoms with van der Waals surface area (Å²) in [7, 11) is 0. The Morgan fingerprint density at radius 2 is 1.18 bits per heavy atom. The van der Waals surface area contributed by atoms with Gasteiger partial charge >= 0.3 is 5.97 Å². The van der Waals surface area contributed by atoms with E-state index in [0.29, 0.717) is 40.5 Å². The van der Waals surface area contributed by atoms with Crippen LogP contribution in [0.4, 0.5) is 28.4 Å². The van der Waals surface area contributed by atoms with E-state index in [4.69, 9.17) is 4.74 Å². The van der Waals surface area contributed by atoms with E-state index in [-0.39, 0.29) is 11.7 Å². The van der Waals surface area contributed by atoms with Crippen LogP contribution in [0.2, 0.25) is 0 Å². The Hall–Kier alpha value is -6.02. The van der Waals surface area contributed by atoms with Crippen molar-refractivity contribution in [1.82, 2.24) is 0 Å². The molecule has 0 amide bonds. The number of azo groups is 2. The van der Waals surface area contributed by atoms with Gasteiger partial charge < -0.3 is 9.84 Å². The molecule has 0 saturated heterocycles. The van der Waals surface area contributed by atoms with Crippen LogP contribution in [0.1, 0.15) is 28.4 Å². The molecule has 6 aromatic carbocycles. The van der Waals surface area contributed by atoms with Gasteiger partial charge in [0.1, 0.15) is 5.75 Å². The molecule has 0 aliphatic carbocycles. The van der Waals surface area contributed by atoms with E-state index in [1.807, 2.05) is 91.9 Å². The lowest BCUT2D eigenvalue weighted by Gasteiger charge is -2.07. The number of carbonyl (C=O) groups is 1. The molecule has 0 aliphatic heterocycles. The van der Waals surface area contributed by atoms with Crippen molar-refractivity contribution < 1.29 is 14.6 Å². The van der Waals surface area contributed by atoms with Crippen LogP contribution in [0.3, 0.4) is 0 Å². The third kappa shape index (κ3) is 6.50. The van der Waals surface area contributed by atoms with Gasteiger partial charge in [0.25, 0.3) is 0 Å². The first-order chi connectivity index (χ1) is 22.0. The van der Waals surface area contributed by atoms with Gasteiger partial charge in [-0.3, -0.25) is 4.99 Å². The summed E-state index contributed by atoms with van der Waals surface area (Å²) in [5.41, 5.74) is 5.57. The Balaban J connectivity index is 1.28. The van der Waals surface area contributed by atoms with Gasteiger partial charge in [-0.05, 0) is 80.1 Å². The molecule has 0 aliphatic rings. The van der Waals surface area contributed by atoms with E-state index in [9.17, 15) is 9.90 Å². The lowest BCUT2D eigenvalue weighted by atomic mass is 10.1. The fraction of sp³-hybridized carbons (Fsp3) is 0.0811. The molecule has 0 unspecified atom stereocenters. The predicted octanol–water partition coefficient (Wildman–Crippen LogP) is 10.8. The van der Waals surface area contributed by atoms with Crippen LogP contribution in [-0.2, 0) is 4.74 Å². The smallest absolute Gasteiger partial charge is 0.338 e. The number of phenols is 1. The van der Waals surface area contributed by atoms with Crippen LogP contribution in [0, 0.1) is 6.92 Å². The molecule has 45 heavy (non-hydrogen) atoms. The van der Waals surface area contributed by atoms with Crippen molar-refractivity contribution in [2.75, 3.05) is 6.61 Å². The van der Waals surface area contributed by atoms with E-state index < -0.39 is 0 Å². The monoisotopic (exact) mass is 591 g/mol. The average Bonchev–Trinajstić information content (AvgIpc) is 3.07. The highest BCUT2D eigenvalue weighted by molar-refractivity contribution is 6.02. The molecular formula is C37H29N5O3. The Bertz CT molecular complexity index is 2120. The number of hydrogen-bond donors (Lipinski definition) is 1. The van der Waals surface area contributed by atoms with Crippen LogP contribution >= 0.6 is 0 Å². The van der Waals surface area contributed by atoms with Crippen molar-refractivity contribution in [2.24, 2.45) is 25.4 Å². The van der Waals surface area contributed by atoms with Gasteiger partial charge in [-0.25, -0.2) is 4.79 Å². The molecule has 0 spiro atoms. The second kappa shape index (κ2) is 13.1. The number of aliphatic imine (C=N–C) groups is 1. The highest BCUT2D eigenvalue weighted by Crippen LogP contribution is 2.38. The fourth-order valence-corrected chi connectivity index (χ4v) is 4.91. The lowest BCUT2D eigenvalue weighted by molar-refractivity contribution is 0.0526. The van der Waals surface area contributed by atoms with Crippen molar-refractivity contribution in [3.63, 3.8) is 0 Å². The predicted molar refractivity (Wildman–Crippen MR) is 179 cm³/mol. The van der Waals surface area contributed by atoms with Crippen molar-refractivity contribution in [2.45, 2.75) is 13.8 Å². The first-order valence-electron chi connectivity index (χ1n) is 14.5. The molecule has 0 heterocycles. The summed E-state index contributed by atoms with van der Waals surface area (Å²) < 4.78 is 5.04. The summed E-state index contributed by atoms with van der Waals surface area (Å²) in [4.78, 5) is 16.6. The molecule has 6 rings (SSSR count). The molecule has 0 radical (unpaired) electrons. The van der Waals surface area contributed by atoms with E-state index >= 15 is 0 Å². The van der Waals surface area contributed by atoms with E-state index in [1.165, 1.54) is 0 Å². The minimum Gasteiger partial charge on any atom is -0.507 e. The molecular weight excluding hydrogens is 562 g/mol. The van der Waals surface area contributed by atoms with Crippen LogP contribution < -0.4 is 0 Å². The maximum absolute atomic E-state index is 11.9. The Morgan fingerprint density at radius 1 is 0.667 bits per heavy atom. The number of fused-ring (bicyclic) bond motifs is 2. The first kappa shape index (κ1) is 29.1. The van der Waals surface area contributed by atoms with Crippen LogP contribution in [0.5, 0.6) is 5.75 Å². The Morgan fingerprint density at radius 3 is 1.71 bits per heavy atom. The minimum atomic E-state index is -0.367. The molecule has 6 aromatic rings. The summed E-state index contributed by atoms with van der Waals surface area (Å²) >= 11 is 0. The lowest BCUT2D eigenvalue weighted by Crippen LogP contribution is -2.03. The van der Waals surface area contributed by atoms with Crippen molar-refractivity contribution in [3.05, 3.63) is 132 Å². The van der Waals surface area contributed by atoms with E-state index in [1.54, 1.807) is 43.5 Å². The second-order valence-corrected chi connectivity index (χ2v) is 10.3. The van der Waals surface area contributed by atoms with Gasteiger partial charge in [0.05, 0.1) is 40.6 Å². The van der Waals surface area contributed by atoms with Crippen molar-refractivity contribution >= 4 is 62.2 Å². The van der Waals surface area contributed by atoms with E-state index in [2.05, 4.69) is 25.4 Å². The molecule has 1 N–H and O–H groups in total. The van der Waals surface area contributed by atoms with Crippen LogP contribution in [0.15, 0.2) is 141 Å². The maximum atomic E-state index is 11.9. The molecule has 8 heteroatoms. The zero-order valence-electron chi connectivity index (χ0n) is 24.8. The summed E-state index contributed by atoms with van der Waals surface area (Å²) in [6, 6.07) is 35.6. The largest absolute Gasteiger partial charge is 0.507 e. The number of aromatic hydroxyl groups is 1. The Kier molecular flexibility index (Phi) is 8.46. The highest BCUT2D eigenvalue weighted by Gasteiger charge is 2.09. The van der Waals surface area contributed by atoms with Gasteiger partial charge in [-0.15, -0.1) is 15.3 Å². The molecule has 0 atom stereocenters. The number of nitrogens with zero attached hydrogens (tertiary/aromatic N) is 5. The van der Waals surface area contributed by atoms with Crippen molar-refractivity contribution in [3.8, 4) is 5.75 Å². The number of hydrogen-bond acceptors (Lipinski definition) is 8. The SMILES string of the molecule is CCOC(=O)c1ccc(N=Nc2ccc(N=Nc3ccc(N=Cc4ccc(C)cc4O)c4ccccc34)c3ccccc23)cc1. The number of phenolic OH excluding ortho intramolecular Hbond substituents is 1. The van der Waals surface area contributed by atoms with Crippen LogP contribution in [-0.4, -0.2) is 23.9 Å². The molecule has 0 bridgehead atoms. The first-order valence-corrected chi connectivity index (χ1v) is 14.5. The third-order valence-electron chi connectivity index (χ3n) is 7.20. The number of aryl methyl sites for hydroxylation is 1. The molecule has 8 nitrogen and oxygen atoms in total. The van der Waals surface area contributed by atoms with E-state index in [0.717, 1.165) is 32.8 Å². The molecule has 0 saturated carbocycles. The number of ether oxygens (including phenoxy) is 1. The summed E-state index contributed by atoms with van der Waals surface area (Å²) in [5, 5.41) is 32.0. The normalized spacial score (nSPS) is 11.8. The standard InChI is InChI=1S/C37H29N5O3/c1-3-45-37(44)25-14-16-27(17-15-25)39-40-33-20-21-35(31-11-7-6-10-30(31)33)42-41-34-19-18-32(28-8-4-5-9-29(28)34)38-23-26-13-12-24(2)22-36(26)43/h4-23,43H,3H2,1-2H3. The third-order valence-corrected chi connectivity index (χ3v) is 7.20. The van der Waals surface area contributed by atoms with Gasteiger partial charge in [0, 0.05) is 33.3 Å². The summed E-state index contributed by atoms with van der Waals surface area (Å²) in [6.45, 7) is 4.03. The Labute approximate surface area is 260 Å². The average molecular weight is 592 g/mol. The molecule has 0 fully saturated rings. The highest BCUT2D eigenvalue weighted by atomic mass is 16.5. The van der Waals surface area contributed by atoms with Gasteiger partial charge in [0.15, 0.2) is 0 Å². The summed E-state index contributed by atoms with van der Waals surface area (Å²) in [5.74, 6) is -0.175. The van der Waals surface area contributed by atoms with Crippen LogP contribution in [0.25, 0.3) is 21.5 Å². The summed E-state index contributed by atoms with van der Waals surface area (Å²) in [6.07, 6.45) is 1.67. The number of rotatable bonds is 8. The fourth-order valence-electron chi connectivity index (χ4n) is 4.91.